The number of hydrogen-bond acceptors (Lipinski definition) is 3. The fraction of sp³-hybridized carbons (Fsp3) is 0.923. The third-order valence-corrected chi connectivity index (χ3v) is 3.90. The summed E-state index contributed by atoms with van der Waals surface area (Å²) in [5.74, 6) is 0.296. The van der Waals surface area contributed by atoms with Gasteiger partial charge in [-0.25, -0.2) is 0 Å². The van der Waals surface area contributed by atoms with Crippen molar-refractivity contribution in [3.8, 4) is 0 Å². The Kier molecular flexibility index (Phi) is 4.80. The van der Waals surface area contributed by atoms with E-state index >= 15 is 0 Å². The summed E-state index contributed by atoms with van der Waals surface area (Å²) >= 11 is 0. The molecule has 2 aliphatic rings. The molecule has 2 fully saturated rings. The highest BCUT2D eigenvalue weighted by atomic mass is 16.5. The first-order valence-corrected chi connectivity index (χ1v) is 6.90. The Bertz CT molecular complexity index is 252. The fourth-order valence-electron chi connectivity index (χ4n) is 2.85. The van der Waals surface area contributed by atoms with Gasteiger partial charge in [0.15, 0.2) is 0 Å². The molecule has 0 saturated heterocycles. The average Bonchev–Trinajstić information content (AvgIpc) is 2.95. The Morgan fingerprint density at radius 3 is 2.65 bits per heavy atom. The van der Waals surface area contributed by atoms with Crippen molar-refractivity contribution in [3.63, 3.8) is 0 Å². The maximum absolute atomic E-state index is 11.8. The van der Waals surface area contributed by atoms with E-state index in [-0.39, 0.29) is 17.9 Å². The lowest BCUT2D eigenvalue weighted by atomic mass is 10.1. The zero-order chi connectivity index (χ0) is 12.1. The van der Waals surface area contributed by atoms with E-state index in [1.54, 1.807) is 0 Å². The van der Waals surface area contributed by atoms with Crippen molar-refractivity contribution < 1.29 is 9.53 Å². The van der Waals surface area contributed by atoms with Gasteiger partial charge in [-0.05, 0) is 32.1 Å². The van der Waals surface area contributed by atoms with Crippen molar-refractivity contribution in [2.45, 2.75) is 57.1 Å². The molecular weight excluding hydrogens is 216 g/mol. The van der Waals surface area contributed by atoms with Crippen LogP contribution in [-0.4, -0.2) is 31.2 Å². The van der Waals surface area contributed by atoms with E-state index < -0.39 is 0 Å². The van der Waals surface area contributed by atoms with E-state index in [1.165, 1.54) is 25.7 Å². The Morgan fingerprint density at radius 2 is 2.00 bits per heavy atom. The van der Waals surface area contributed by atoms with Gasteiger partial charge in [0.25, 0.3) is 0 Å². The summed E-state index contributed by atoms with van der Waals surface area (Å²) < 4.78 is 5.70. The van der Waals surface area contributed by atoms with Crippen LogP contribution < -0.4 is 11.1 Å². The SMILES string of the molecule is NC1CCC(C(=O)NCCOC2CCCC2)C1. The minimum absolute atomic E-state index is 0.136. The van der Waals surface area contributed by atoms with Crippen LogP contribution in [0, 0.1) is 5.92 Å². The summed E-state index contributed by atoms with van der Waals surface area (Å²) in [4.78, 5) is 11.8. The maximum Gasteiger partial charge on any atom is 0.223 e. The molecule has 0 heterocycles. The van der Waals surface area contributed by atoms with Crippen LogP contribution in [0.1, 0.15) is 44.9 Å². The monoisotopic (exact) mass is 240 g/mol. The highest BCUT2D eigenvalue weighted by Gasteiger charge is 2.27. The molecule has 0 aliphatic heterocycles. The molecule has 0 radical (unpaired) electrons. The standard InChI is InChI=1S/C13H24N2O2/c14-11-6-5-10(9-11)13(16)15-7-8-17-12-3-1-2-4-12/h10-12H,1-9,14H2,(H,15,16). The van der Waals surface area contributed by atoms with Gasteiger partial charge in [0.2, 0.25) is 5.91 Å². The maximum atomic E-state index is 11.8. The van der Waals surface area contributed by atoms with Crippen LogP contribution >= 0.6 is 0 Å². The van der Waals surface area contributed by atoms with Gasteiger partial charge in [-0.3, -0.25) is 4.79 Å². The van der Waals surface area contributed by atoms with E-state index in [4.69, 9.17) is 10.5 Å². The molecule has 0 aromatic carbocycles. The second-order valence-electron chi connectivity index (χ2n) is 5.34. The molecule has 0 bridgehead atoms. The molecule has 0 aromatic heterocycles. The Hall–Kier alpha value is -0.610. The van der Waals surface area contributed by atoms with Crippen molar-refractivity contribution in [2.75, 3.05) is 13.2 Å². The highest BCUT2D eigenvalue weighted by molar-refractivity contribution is 5.78. The Labute approximate surface area is 103 Å². The first kappa shape index (κ1) is 12.8. The smallest absolute Gasteiger partial charge is 0.223 e. The molecule has 0 spiro atoms. The van der Waals surface area contributed by atoms with E-state index in [0.717, 1.165) is 19.3 Å². The van der Waals surface area contributed by atoms with Gasteiger partial charge in [0.05, 0.1) is 12.7 Å². The van der Waals surface area contributed by atoms with Crippen molar-refractivity contribution >= 4 is 5.91 Å². The number of nitrogens with one attached hydrogen (secondary N) is 1. The van der Waals surface area contributed by atoms with Crippen LogP contribution in [0.25, 0.3) is 0 Å². The second-order valence-corrected chi connectivity index (χ2v) is 5.34. The lowest BCUT2D eigenvalue weighted by molar-refractivity contribution is -0.125. The van der Waals surface area contributed by atoms with Gasteiger partial charge in [0.1, 0.15) is 0 Å². The van der Waals surface area contributed by atoms with Crippen molar-refractivity contribution in [2.24, 2.45) is 11.7 Å². The molecule has 3 N–H and O–H groups in total. The minimum atomic E-state index is 0.136. The molecule has 4 heteroatoms. The lowest BCUT2D eigenvalue weighted by Gasteiger charge is -2.13. The van der Waals surface area contributed by atoms with Gasteiger partial charge >= 0.3 is 0 Å². The molecular formula is C13H24N2O2. The Morgan fingerprint density at radius 1 is 1.24 bits per heavy atom. The zero-order valence-electron chi connectivity index (χ0n) is 10.5. The summed E-state index contributed by atoms with van der Waals surface area (Å²) in [7, 11) is 0. The number of nitrogens with two attached hydrogens (primary N) is 1. The number of rotatable bonds is 5. The molecule has 2 atom stereocenters. The fourth-order valence-corrected chi connectivity index (χ4v) is 2.85. The largest absolute Gasteiger partial charge is 0.376 e. The predicted octanol–water partition coefficient (Wildman–Crippen LogP) is 1.19. The number of carbonyl (C=O) groups excluding carboxylic acids is 1. The average molecular weight is 240 g/mol. The quantitative estimate of drug-likeness (QED) is 0.709. The van der Waals surface area contributed by atoms with Crippen LogP contribution in [-0.2, 0) is 9.53 Å². The molecule has 2 aliphatic carbocycles. The van der Waals surface area contributed by atoms with Crippen molar-refractivity contribution in [1.29, 1.82) is 0 Å². The van der Waals surface area contributed by atoms with Gasteiger partial charge < -0.3 is 15.8 Å². The normalized spacial score (nSPS) is 29.7. The Balaban J connectivity index is 1.53. The number of amides is 1. The van der Waals surface area contributed by atoms with E-state index in [9.17, 15) is 4.79 Å². The van der Waals surface area contributed by atoms with E-state index in [0.29, 0.717) is 19.3 Å². The summed E-state index contributed by atoms with van der Waals surface area (Å²) in [5.41, 5.74) is 5.80. The van der Waals surface area contributed by atoms with Crippen molar-refractivity contribution in [1.82, 2.24) is 5.32 Å². The zero-order valence-corrected chi connectivity index (χ0v) is 10.5. The first-order valence-electron chi connectivity index (χ1n) is 6.90. The van der Waals surface area contributed by atoms with Gasteiger partial charge in [-0.15, -0.1) is 0 Å². The van der Waals surface area contributed by atoms with E-state index in [2.05, 4.69) is 5.32 Å². The van der Waals surface area contributed by atoms with Gasteiger partial charge in [-0.2, -0.15) is 0 Å². The first-order chi connectivity index (χ1) is 8.25. The predicted molar refractivity (Wildman–Crippen MR) is 66.5 cm³/mol. The molecule has 98 valence electrons. The number of carbonyl (C=O) groups is 1. The molecule has 2 rings (SSSR count). The summed E-state index contributed by atoms with van der Waals surface area (Å²) in [6.07, 6.45) is 8.15. The molecule has 0 aromatic rings. The number of hydrogen-bond donors (Lipinski definition) is 2. The van der Waals surface area contributed by atoms with Crippen molar-refractivity contribution in [3.05, 3.63) is 0 Å². The molecule has 2 saturated carbocycles. The lowest BCUT2D eigenvalue weighted by Crippen LogP contribution is -2.33. The van der Waals surface area contributed by atoms with Gasteiger partial charge in [-0.1, -0.05) is 12.8 Å². The van der Waals surface area contributed by atoms with Crippen LogP contribution in [0.5, 0.6) is 0 Å². The highest BCUT2D eigenvalue weighted by Crippen LogP contribution is 2.24. The van der Waals surface area contributed by atoms with Crippen LogP contribution in [0.2, 0.25) is 0 Å². The number of ether oxygens (including phenoxy) is 1. The molecule has 1 amide bonds. The van der Waals surface area contributed by atoms with Crippen LogP contribution in [0.3, 0.4) is 0 Å². The molecule has 4 nitrogen and oxygen atoms in total. The molecule has 2 unspecified atom stereocenters. The third kappa shape index (κ3) is 3.96. The van der Waals surface area contributed by atoms with E-state index in [1.807, 2.05) is 0 Å². The second kappa shape index (κ2) is 6.36. The topological polar surface area (TPSA) is 64.4 Å². The van der Waals surface area contributed by atoms with Crippen LogP contribution in [0.4, 0.5) is 0 Å². The minimum Gasteiger partial charge on any atom is -0.376 e. The summed E-state index contributed by atoms with van der Waals surface area (Å²) in [6, 6.07) is 0.223. The van der Waals surface area contributed by atoms with Gasteiger partial charge in [0, 0.05) is 18.5 Å². The summed E-state index contributed by atoms with van der Waals surface area (Å²) in [6.45, 7) is 1.29. The van der Waals surface area contributed by atoms with Crippen LogP contribution in [0.15, 0.2) is 0 Å². The summed E-state index contributed by atoms with van der Waals surface area (Å²) in [5, 5.41) is 2.95. The third-order valence-electron chi connectivity index (χ3n) is 3.90. The molecule has 17 heavy (non-hydrogen) atoms.